The molecule has 0 heterocycles. The van der Waals surface area contributed by atoms with Crippen LogP contribution >= 0.6 is 23.5 Å². The standard InChI is InChI=1S/C66H113NO6S2Si/c1-7-9-11-25-39-60(72-64(68)47-45-57-33-19-13-20-34-57)55-74-53-31-17-23-37-59(38-24-18-32-54-75-56-61(40-26-12-10-8-2)73-65(69)48-46-58-35-21-14-22-36-58)67(6)49-50-70-51-52-71-76(66(3,4)5,62-41-27-15-28-42-62)63-43-29-16-30-44-63/h15-16,27-30,41-44,57-61H,7-14,17-26,31-40,45-56H2,1-6H3. The molecule has 2 unspecified atom stereocenters. The van der Waals surface area contributed by atoms with Gasteiger partial charge in [0.05, 0.1) is 19.8 Å². The van der Waals surface area contributed by atoms with E-state index in [4.69, 9.17) is 18.6 Å². The average Bonchev–Trinajstić information content (AvgIpc) is 3.43. The molecule has 434 valence electrons. The molecule has 76 heavy (non-hydrogen) atoms. The van der Waals surface area contributed by atoms with Crippen LogP contribution in [-0.4, -0.2) is 99.8 Å². The Morgan fingerprint density at radius 2 is 1.00 bits per heavy atom. The summed E-state index contributed by atoms with van der Waals surface area (Å²) in [6.07, 6.45) is 38.0. The Labute approximate surface area is 476 Å². The van der Waals surface area contributed by atoms with Crippen molar-refractivity contribution in [3.8, 4) is 0 Å². The van der Waals surface area contributed by atoms with Gasteiger partial charge >= 0.3 is 11.9 Å². The van der Waals surface area contributed by atoms with E-state index in [9.17, 15) is 9.59 Å². The number of esters is 2. The number of ether oxygens (including phenoxy) is 3. The second kappa shape index (κ2) is 41.2. The van der Waals surface area contributed by atoms with Crippen molar-refractivity contribution < 1.29 is 28.2 Å². The van der Waals surface area contributed by atoms with Gasteiger partial charge in [-0.25, -0.2) is 0 Å². The molecular weight excluding hydrogens is 995 g/mol. The van der Waals surface area contributed by atoms with Crippen LogP contribution in [0.15, 0.2) is 60.7 Å². The molecule has 0 saturated heterocycles. The largest absolute Gasteiger partial charge is 0.461 e. The molecule has 4 rings (SSSR count). The summed E-state index contributed by atoms with van der Waals surface area (Å²) in [6, 6.07) is 22.3. The zero-order chi connectivity index (χ0) is 54.4. The predicted molar refractivity (Wildman–Crippen MR) is 331 cm³/mol. The van der Waals surface area contributed by atoms with E-state index in [-0.39, 0.29) is 29.2 Å². The first kappa shape index (κ1) is 66.7. The Hall–Kier alpha value is -1.82. The molecule has 0 aromatic heterocycles. The maximum absolute atomic E-state index is 13.0. The second-order valence-corrected chi connectivity index (χ2v) is 30.7. The van der Waals surface area contributed by atoms with Crippen molar-refractivity contribution in [1.29, 1.82) is 0 Å². The predicted octanol–water partition coefficient (Wildman–Crippen LogP) is 17.0. The van der Waals surface area contributed by atoms with Crippen LogP contribution in [0.3, 0.4) is 0 Å². The van der Waals surface area contributed by atoms with Gasteiger partial charge in [-0.05, 0) is 110 Å². The number of nitrogens with zero attached hydrogens (tertiary/aromatic N) is 1. The van der Waals surface area contributed by atoms with Crippen molar-refractivity contribution >= 4 is 54.2 Å². The maximum atomic E-state index is 13.0. The molecule has 7 nitrogen and oxygen atoms in total. The average molecular weight is 1110 g/mol. The van der Waals surface area contributed by atoms with E-state index in [1.165, 1.54) is 164 Å². The van der Waals surface area contributed by atoms with E-state index in [1.807, 2.05) is 23.5 Å². The first-order valence-corrected chi connectivity index (χ1v) is 35.8. The zero-order valence-corrected chi connectivity index (χ0v) is 52.3. The summed E-state index contributed by atoms with van der Waals surface area (Å²) in [7, 11) is -0.285. The summed E-state index contributed by atoms with van der Waals surface area (Å²) in [5.74, 6) is 5.63. The fourth-order valence-corrected chi connectivity index (χ4v) is 18.8. The van der Waals surface area contributed by atoms with E-state index in [2.05, 4.69) is 107 Å². The third-order valence-corrected chi connectivity index (χ3v) is 24.2. The summed E-state index contributed by atoms with van der Waals surface area (Å²) >= 11 is 4.00. The minimum absolute atomic E-state index is 0.0363. The van der Waals surface area contributed by atoms with Gasteiger partial charge < -0.3 is 23.5 Å². The fourth-order valence-electron chi connectivity index (χ4n) is 12.1. The van der Waals surface area contributed by atoms with Gasteiger partial charge in [0.1, 0.15) is 12.2 Å². The second-order valence-electron chi connectivity index (χ2n) is 24.1. The van der Waals surface area contributed by atoms with Crippen molar-refractivity contribution in [2.45, 2.75) is 263 Å². The number of likely N-dealkylation sites (N-methyl/N-ethyl adjacent to an activating group) is 1. The van der Waals surface area contributed by atoms with Gasteiger partial charge in [0.25, 0.3) is 8.32 Å². The van der Waals surface area contributed by atoms with Crippen LogP contribution in [-0.2, 0) is 28.2 Å². The lowest BCUT2D eigenvalue weighted by atomic mass is 9.86. The van der Waals surface area contributed by atoms with Crippen LogP contribution in [0.5, 0.6) is 0 Å². The van der Waals surface area contributed by atoms with Gasteiger partial charge in [-0.3, -0.25) is 9.59 Å². The number of hydrogen-bond acceptors (Lipinski definition) is 9. The molecule has 10 heteroatoms. The van der Waals surface area contributed by atoms with Gasteiger partial charge in [-0.2, -0.15) is 23.5 Å². The monoisotopic (exact) mass is 1110 g/mol. The Balaban J connectivity index is 1.24. The van der Waals surface area contributed by atoms with Crippen LogP contribution in [0, 0.1) is 11.8 Å². The molecule has 2 aliphatic rings. The van der Waals surface area contributed by atoms with E-state index in [0.29, 0.717) is 38.7 Å². The first-order chi connectivity index (χ1) is 37.1. The molecule has 0 amide bonds. The Morgan fingerprint density at radius 3 is 1.43 bits per heavy atom. The molecule has 2 fully saturated rings. The number of benzene rings is 2. The van der Waals surface area contributed by atoms with Gasteiger partial charge in [-0.15, -0.1) is 0 Å². The highest BCUT2D eigenvalue weighted by Crippen LogP contribution is 2.37. The Morgan fingerprint density at radius 1 is 0.566 bits per heavy atom. The summed E-state index contributed by atoms with van der Waals surface area (Å²) in [5, 5.41) is 2.55. The lowest BCUT2D eigenvalue weighted by Crippen LogP contribution is -2.66. The van der Waals surface area contributed by atoms with Crippen LogP contribution in [0.4, 0.5) is 0 Å². The Kier molecular flexibility index (Phi) is 36.2. The minimum Gasteiger partial charge on any atom is -0.461 e. The normalized spacial score (nSPS) is 16.2. The van der Waals surface area contributed by atoms with E-state index >= 15 is 0 Å². The van der Waals surface area contributed by atoms with Crippen molar-refractivity contribution in [3.63, 3.8) is 0 Å². The molecular formula is C66H113NO6S2Si. The third-order valence-electron chi connectivity index (χ3n) is 16.8. The number of rotatable bonds is 44. The third kappa shape index (κ3) is 27.6. The van der Waals surface area contributed by atoms with Crippen molar-refractivity contribution in [3.05, 3.63) is 60.7 Å². The molecule has 2 aliphatic carbocycles. The van der Waals surface area contributed by atoms with Crippen molar-refractivity contribution in [1.82, 2.24) is 4.90 Å². The number of unbranched alkanes of at least 4 members (excludes halogenated alkanes) is 10. The number of carbonyl (C=O) groups is 2. The molecule has 0 aliphatic heterocycles. The summed E-state index contributed by atoms with van der Waals surface area (Å²) in [4.78, 5) is 28.6. The van der Waals surface area contributed by atoms with Crippen molar-refractivity contribution in [2.75, 3.05) is 56.4 Å². The topological polar surface area (TPSA) is 74.3 Å². The molecule has 0 radical (unpaired) electrons. The highest BCUT2D eigenvalue weighted by molar-refractivity contribution is 7.99. The minimum atomic E-state index is -2.60. The number of carbonyl (C=O) groups excluding carboxylic acids is 2. The van der Waals surface area contributed by atoms with Crippen molar-refractivity contribution in [2.24, 2.45) is 11.8 Å². The van der Waals surface area contributed by atoms with Gasteiger partial charge in [0, 0.05) is 36.9 Å². The SMILES string of the molecule is CCCCCCC(CSCCCCCC(CCCCCSCC(CCCCCC)OC(=O)CCC1CCCCC1)N(C)CCOCCO[Si](c1ccccc1)(c1ccccc1)C(C)(C)C)OC(=O)CCC1CCCCC1. The van der Waals surface area contributed by atoms with Crippen LogP contribution < -0.4 is 10.4 Å². The fraction of sp³-hybridized carbons (Fsp3) is 0.788. The highest BCUT2D eigenvalue weighted by Gasteiger charge is 2.50. The van der Waals surface area contributed by atoms with Gasteiger partial charge in [-0.1, -0.05) is 224 Å². The number of hydrogen-bond donors (Lipinski definition) is 0. The zero-order valence-electron chi connectivity index (χ0n) is 49.7. The van der Waals surface area contributed by atoms with Crippen LogP contribution in [0.2, 0.25) is 5.04 Å². The van der Waals surface area contributed by atoms with Crippen LogP contribution in [0.25, 0.3) is 0 Å². The lowest BCUT2D eigenvalue weighted by Gasteiger charge is -2.43. The Bertz CT molecular complexity index is 1610. The van der Waals surface area contributed by atoms with Crippen LogP contribution in [0.1, 0.15) is 240 Å². The van der Waals surface area contributed by atoms with E-state index in [1.54, 1.807) is 0 Å². The first-order valence-electron chi connectivity index (χ1n) is 31.6. The quantitative estimate of drug-likeness (QED) is 0.0366. The number of thioether (sulfide) groups is 2. The molecule has 0 N–H and O–H groups in total. The smallest absolute Gasteiger partial charge is 0.306 e. The van der Waals surface area contributed by atoms with E-state index < -0.39 is 8.32 Å². The lowest BCUT2D eigenvalue weighted by molar-refractivity contribution is -0.149. The van der Waals surface area contributed by atoms with E-state index in [0.717, 1.165) is 79.9 Å². The molecule has 2 saturated carbocycles. The molecule has 2 aromatic carbocycles. The van der Waals surface area contributed by atoms with Gasteiger partial charge in [0.2, 0.25) is 0 Å². The molecule has 2 aromatic rings. The highest BCUT2D eigenvalue weighted by atomic mass is 32.2. The summed E-state index contributed by atoms with van der Waals surface area (Å²) in [6.45, 7) is 14.3. The molecule has 2 atom stereocenters. The van der Waals surface area contributed by atoms with Gasteiger partial charge in [0.15, 0.2) is 0 Å². The summed E-state index contributed by atoms with van der Waals surface area (Å²) in [5.41, 5.74) is 0. The molecule has 0 bridgehead atoms. The summed E-state index contributed by atoms with van der Waals surface area (Å²) < 4.78 is 25.9. The molecule has 0 spiro atoms. The maximum Gasteiger partial charge on any atom is 0.306 e.